The molecule has 0 unspecified atom stereocenters. The molecule has 1 aromatic rings. The molecule has 1 aliphatic heterocycles. The molecule has 2 saturated carbocycles. The van der Waals surface area contributed by atoms with Crippen LogP contribution in [-0.4, -0.2) is 35.8 Å². The lowest BCUT2D eigenvalue weighted by atomic mass is 9.63. The predicted octanol–water partition coefficient (Wildman–Crippen LogP) is 2.08. The number of benzene rings is 1. The van der Waals surface area contributed by atoms with Gasteiger partial charge < -0.3 is 10.1 Å². The standard InChI is InChI=1S/C21H22N2O4/c1-10(19(24)22-11-4-3-5-12(8-11)27-2)23-20(25)17-13-6-7-14(16-9-15(13)16)18(17)21(23)26/h3-8,10,13-18H,9H2,1-2H3,(H,22,24)/t10-,13-,14-,15-,16-,17+,18+/m1/s1. The van der Waals surface area contributed by atoms with Gasteiger partial charge in [-0.1, -0.05) is 18.2 Å². The summed E-state index contributed by atoms with van der Waals surface area (Å²) in [6.07, 6.45) is 5.40. The largest absolute Gasteiger partial charge is 0.497 e. The third kappa shape index (κ3) is 2.28. The molecule has 0 radical (unpaired) electrons. The number of hydrogen-bond acceptors (Lipinski definition) is 4. The molecule has 27 heavy (non-hydrogen) atoms. The first kappa shape index (κ1) is 16.5. The molecule has 6 heteroatoms. The van der Waals surface area contributed by atoms with Gasteiger partial charge in [-0.15, -0.1) is 0 Å². The number of carbonyl (C=O) groups is 3. The van der Waals surface area contributed by atoms with Gasteiger partial charge in [0.05, 0.1) is 18.9 Å². The Kier molecular flexibility index (Phi) is 3.48. The second-order valence-corrected chi connectivity index (χ2v) is 8.10. The number of anilines is 1. The van der Waals surface area contributed by atoms with Crippen molar-refractivity contribution in [3.05, 3.63) is 36.4 Å². The zero-order chi connectivity index (χ0) is 18.9. The van der Waals surface area contributed by atoms with Crippen LogP contribution in [0.5, 0.6) is 5.75 Å². The van der Waals surface area contributed by atoms with Crippen LogP contribution in [0, 0.1) is 35.5 Å². The number of allylic oxidation sites excluding steroid dienone is 2. The van der Waals surface area contributed by atoms with E-state index in [0.717, 1.165) is 6.42 Å². The van der Waals surface area contributed by atoms with E-state index in [4.69, 9.17) is 4.74 Å². The average molecular weight is 366 g/mol. The minimum atomic E-state index is -0.836. The van der Waals surface area contributed by atoms with Gasteiger partial charge in [0.15, 0.2) is 0 Å². The van der Waals surface area contributed by atoms with Gasteiger partial charge in [0.2, 0.25) is 17.7 Å². The normalized spacial score (nSPS) is 36.3. The van der Waals surface area contributed by atoms with Gasteiger partial charge in [-0.25, -0.2) is 0 Å². The lowest BCUT2D eigenvalue weighted by Crippen LogP contribution is -2.46. The van der Waals surface area contributed by atoms with Crippen molar-refractivity contribution >= 4 is 23.4 Å². The van der Waals surface area contributed by atoms with Crippen LogP contribution in [0.4, 0.5) is 5.69 Å². The number of imide groups is 1. The maximum absolute atomic E-state index is 13.1. The first-order chi connectivity index (χ1) is 13.0. The number of hydrogen-bond donors (Lipinski definition) is 1. The molecule has 5 aliphatic rings. The van der Waals surface area contributed by atoms with E-state index >= 15 is 0 Å². The van der Waals surface area contributed by atoms with Crippen LogP contribution in [0.25, 0.3) is 0 Å². The summed E-state index contributed by atoms with van der Waals surface area (Å²) in [6, 6.07) is 6.17. The second kappa shape index (κ2) is 5.68. The van der Waals surface area contributed by atoms with Gasteiger partial charge >= 0.3 is 0 Å². The molecule has 7 atom stereocenters. The fourth-order valence-electron chi connectivity index (χ4n) is 5.43. The second-order valence-electron chi connectivity index (χ2n) is 8.10. The summed E-state index contributed by atoms with van der Waals surface area (Å²) in [5.41, 5.74) is 0.575. The van der Waals surface area contributed by atoms with Crippen molar-refractivity contribution in [2.24, 2.45) is 35.5 Å². The molecule has 6 rings (SSSR count). The number of nitrogens with zero attached hydrogens (tertiary/aromatic N) is 1. The van der Waals surface area contributed by atoms with Gasteiger partial charge in [-0.3, -0.25) is 19.3 Å². The van der Waals surface area contributed by atoms with E-state index in [2.05, 4.69) is 17.5 Å². The Morgan fingerprint density at radius 3 is 2.37 bits per heavy atom. The predicted molar refractivity (Wildman–Crippen MR) is 97.6 cm³/mol. The van der Waals surface area contributed by atoms with Gasteiger partial charge in [-0.2, -0.15) is 0 Å². The average Bonchev–Trinajstić information content (AvgIpc) is 3.45. The molecule has 140 valence electrons. The molecule has 0 spiro atoms. The number of likely N-dealkylation sites (tertiary alicyclic amines) is 1. The zero-order valence-electron chi connectivity index (χ0n) is 15.3. The first-order valence-electron chi connectivity index (χ1n) is 9.51. The highest BCUT2D eigenvalue weighted by molar-refractivity contribution is 6.10. The molecule has 0 aromatic heterocycles. The Hall–Kier alpha value is -2.63. The summed E-state index contributed by atoms with van der Waals surface area (Å²) in [5, 5.41) is 2.79. The van der Waals surface area contributed by atoms with Gasteiger partial charge in [-0.05, 0) is 49.1 Å². The Morgan fingerprint density at radius 2 is 1.78 bits per heavy atom. The number of ether oxygens (including phenoxy) is 1. The number of rotatable bonds is 4. The maximum atomic E-state index is 13.1. The van der Waals surface area contributed by atoms with E-state index in [1.165, 1.54) is 4.90 Å². The quantitative estimate of drug-likeness (QED) is 0.654. The van der Waals surface area contributed by atoms with E-state index in [-0.39, 0.29) is 41.4 Å². The Balaban J connectivity index is 1.36. The summed E-state index contributed by atoms with van der Waals surface area (Å²) in [5.74, 6) is 0.797. The number of amides is 3. The highest BCUT2D eigenvalue weighted by Crippen LogP contribution is 2.65. The number of carbonyl (C=O) groups excluding carboxylic acids is 3. The van der Waals surface area contributed by atoms with E-state index in [0.29, 0.717) is 23.3 Å². The first-order valence-corrected chi connectivity index (χ1v) is 9.51. The van der Waals surface area contributed by atoms with Crippen molar-refractivity contribution in [3.63, 3.8) is 0 Å². The minimum absolute atomic E-state index is 0.167. The van der Waals surface area contributed by atoms with Crippen molar-refractivity contribution in [1.82, 2.24) is 4.90 Å². The van der Waals surface area contributed by atoms with Crippen molar-refractivity contribution < 1.29 is 19.1 Å². The fourth-order valence-corrected chi connectivity index (χ4v) is 5.43. The molecule has 4 aliphatic carbocycles. The van der Waals surface area contributed by atoms with Crippen molar-refractivity contribution in [3.8, 4) is 5.75 Å². The Morgan fingerprint density at radius 1 is 1.15 bits per heavy atom. The number of nitrogens with one attached hydrogen (secondary N) is 1. The smallest absolute Gasteiger partial charge is 0.247 e. The third-order valence-corrected chi connectivity index (χ3v) is 6.80. The van der Waals surface area contributed by atoms with Crippen LogP contribution < -0.4 is 10.1 Å². The van der Waals surface area contributed by atoms with E-state index < -0.39 is 6.04 Å². The van der Waals surface area contributed by atoms with Crippen molar-refractivity contribution in [2.45, 2.75) is 19.4 Å². The molecule has 1 heterocycles. The molecular weight excluding hydrogens is 344 g/mol. The molecule has 1 saturated heterocycles. The van der Waals surface area contributed by atoms with Crippen LogP contribution in [0.1, 0.15) is 13.3 Å². The molecule has 6 nitrogen and oxygen atoms in total. The summed E-state index contributed by atoms with van der Waals surface area (Å²) in [4.78, 5) is 40.1. The molecule has 3 fully saturated rings. The van der Waals surface area contributed by atoms with Crippen molar-refractivity contribution in [2.75, 3.05) is 12.4 Å². The lowest BCUT2D eigenvalue weighted by molar-refractivity contribution is -0.146. The zero-order valence-corrected chi connectivity index (χ0v) is 15.3. The van der Waals surface area contributed by atoms with Crippen LogP contribution in [0.3, 0.4) is 0 Å². The Labute approximate surface area is 157 Å². The molecular formula is C21H22N2O4. The molecule has 1 aromatic carbocycles. The Bertz CT molecular complexity index is 843. The summed E-state index contributed by atoms with van der Waals surface area (Å²) in [6.45, 7) is 1.62. The van der Waals surface area contributed by atoms with Crippen LogP contribution in [0.2, 0.25) is 0 Å². The van der Waals surface area contributed by atoms with Crippen LogP contribution >= 0.6 is 0 Å². The topological polar surface area (TPSA) is 75.7 Å². The van der Waals surface area contributed by atoms with Crippen LogP contribution in [0.15, 0.2) is 36.4 Å². The summed E-state index contributed by atoms with van der Waals surface area (Å²) in [7, 11) is 1.56. The van der Waals surface area contributed by atoms with Gasteiger partial charge in [0, 0.05) is 11.8 Å². The summed E-state index contributed by atoms with van der Waals surface area (Å²) < 4.78 is 5.16. The lowest BCUT2D eigenvalue weighted by Gasteiger charge is -2.37. The van der Waals surface area contributed by atoms with Gasteiger partial charge in [0.25, 0.3) is 0 Å². The molecule has 2 bridgehead atoms. The number of methoxy groups -OCH3 is 1. The van der Waals surface area contributed by atoms with Crippen LogP contribution in [-0.2, 0) is 14.4 Å². The third-order valence-electron chi connectivity index (χ3n) is 6.80. The highest BCUT2D eigenvalue weighted by Gasteiger charge is 2.67. The van der Waals surface area contributed by atoms with Crippen molar-refractivity contribution in [1.29, 1.82) is 0 Å². The summed E-state index contributed by atoms with van der Waals surface area (Å²) >= 11 is 0. The van der Waals surface area contributed by atoms with E-state index in [1.54, 1.807) is 38.3 Å². The van der Waals surface area contributed by atoms with E-state index in [9.17, 15) is 14.4 Å². The molecule has 3 amide bonds. The van der Waals surface area contributed by atoms with Gasteiger partial charge in [0.1, 0.15) is 11.8 Å². The monoisotopic (exact) mass is 366 g/mol. The maximum Gasteiger partial charge on any atom is 0.247 e. The fraction of sp³-hybridized carbons (Fsp3) is 0.476. The van der Waals surface area contributed by atoms with E-state index in [1.807, 2.05) is 0 Å². The molecule has 1 N–H and O–H groups in total. The minimum Gasteiger partial charge on any atom is -0.497 e. The highest BCUT2D eigenvalue weighted by atomic mass is 16.5. The SMILES string of the molecule is COc1cccc(NC(=O)[C@@H](C)N2C(=O)[C@H]3[C@@H]4C=C[C@H]([C@H]5C[C@H]45)[C@@H]3C2=O)c1.